The van der Waals surface area contributed by atoms with Crippen LogP contribution in [-0.2, 0) is 11.3 Å². The van der Waals surface area contributed by atoms with Gasteiger partial charge in [0.2, 0.25) is 11.1 Å². The summed E-state index contributed by atoms with van der Waals surface area (Å²) in [4.78, 5) is 14.5. The standard InChI is InChI=1S/C20H23N5OS/c1-14-10-11-18(12-15(14)2)25-20(21-22-23-25)27-16(3)19(26)24(4)13-17-8-6-5-7-9-17/h5-12,16H,13H2,1-4H3/t16-/m1/s1. The summed E-state index contributed by atoms with van der Waals surface area (Å²) >= 11 is 1.36. The molecule has 0 aliphatic rings. The third kappa shape index (κ3) is 4.54. The van der Waals surface area contributed by atoms with Crippen molar-refractivity contribution in [2.75, 3.05) is 7.05 Å². The zero-order valence-electron chi connectivity index (χ0n) is 16.0. The normalized spacial score (nSPS) is 12.0. The van der Waals surface area contributed by atoms with Gasteiger partial charge in [-0.2, -0.15) is 4.68 Å². The van der Waals surface area contributed by atoms with Gasteiger partial charge in [0, 0.05) is 13.6 Å². The predicted molar refractivity (Wildman–Crippen MR) is 107 cm³/mol. The number of benzene rings is 2. The Labute approximate surface area is 163 Å². The molecular weight excluding hydrogens is 358 g/mol. The number of hydrogen-bond acceptors (Lipinski definition) is 5. The zero-order chi connectivity index (χ0) is 19.4. The maximum Gasteiger partial charge on any atom is 0.235 e. The Morgan fingerprint density at radius 2 is 1.89 bits per heavy atom. The van der Waals surface area contributed by atoms with Crippen LogP contribution >= 0.6 is 11.8 Å². The van der Waals surface area contributed by atoms with Crippen molar-refractivity contribution >= 4 is 17.7 Å². The highest BCUT2D eigenvalue weighted by Gasteiger charge is 2.22. The third-order valence-corrected chi connectivity index (χ3v) is 5.47. The third-order valence-electron chi connectivity index (χ3n) is 4.44. The van der Waals surface area contributed by atoms with Crippen LogP contribution in [-0.4, -0.2) is 43.3 Å². The van der Waals surface area contributed by atoms with E-state index >= 15 is 0 Å². The quantitative estimate of drug-likeness (QED) is 0.612. The van der Waals surface area contributed by atoms with Gasteiger partial charge in [-0.25, -0.2) is 0 Å². The number of aryl methyl sites for hydroxylation is 2. The van der Waals surface area contributed by atoms with Gasteiger partial charge in [-0.1, -0.05) is 48.2 Å². The molecule has 1 amide bonds. The smallest absolute Gasteiger partial charge is 0.235 e. The number of hydrogen-bond donors (Lipinski definition) is 0. The van der Waals surface area contributed by atoms with Gasteiger partial charge in [0.15, 0.2) is 0 Å². The first kappa shape index (κ1) is 19.1. The summed E-state index contributed by atoms with van der Waals surface area (Å²) in [5.41, 5.74) is 4.38. The number of rotatable bonds is 6. The minimum Gasteiger partial charge on any atom is -0.340 e. The van der Waals surface area contributed by atoms with Crippen LogP contribution in [0.3, 0.4) is 0 Å². The van der Waals surface area contributed by atoms with E-state index in [1.165, 1.54) is 22.9 Å². The fourth-order valence-corrected chi connectivity index (χ4v) is 3.65. The molecule has 6 nitrogen and oxygen atoms in total. The Bertz CT molecular complexity index is 925. The Kier molecular flexibility index (Phi) is 5.91. The highest BCUT2D eigenvalue weighted by molar-refractivity contribution is 8.00. The molecule has 3 rings (SSSR count). The molecule has 2 aromatic carbocycles. The summed E-state index contributed by atoms with van der Waals surface area (Å²) in [7, 11) is 1.82. The molecule has 0 fully saturated rings. The maximum absolute atomic E-state index is 12.7. The molecule has 1 atom stereocenters. The molecule has 0 unspecified atom stereocenters. The van der Waals surface area contributed by atoms with Crippen LogP contribution in [0.4, 0.5) is 0 Å². The predicted octanol–water partition coefficient (Wildman–Crippen LogP) is 3.42. The van der Waals surface area contributed by atoms with Crippen molar-refractivity contribution in [1.29, 1.82) is 0 Å². The first-order valence-electron chi connectivity index (χ1n) is 8.77. The fraction of sp³-hybridized carbons (Fsp3) is 0.300. The number of thioether (sulfide) groups is 1. The molecule has 0 radical (unpaired) electrons. The minimum atomic E-state index is -0.296. The summed E-state index contributed by atoms with van der Waals surface area (Å²) in [5, 5.41) is 12.3. The monoisotopic (exact) mass is 381 g/mol. The van der Waals surface area contributed by atoms with Gasteiger partial charge in [0.05, 0.1) is 10.9 Å². The van der Waals surface area contributed by atoms with Gasteiger partial charge in [0.1, 0.15) is 0 Å². The van der Waals surface area contributed by atoms with Crippen LogP contribution in [0.1, 0.15) is 23.6 Å². The van der Waals surface area contributed by atoms with E-state index in [1.54, 1.807) is 9.58 Å². The highest BCUT2D eigenvalue weighted by Crippen LogP contribution is 2.25. The lowest BCUT2D eigenvalue weighted by molar-refractivity contribution is -0.129. The van der Waals surface area contributed by atoms with E-state index in [0.717, 1.165) is 11.3 Å². The molecule has 0 spiro atoms. The fourth-order valence-electron chi connectivity index (χ4n) is 2.73. The van der Waals surface area contributed by atoms with E-state index in [4.69, 9.17) is 0 Å². The molecule has 1 heterocycles. The van der Waals surface area contributed by atoms with Crippen molar-refractivity contribution in [2.24, 2.45) is 0 Å². The SMILES string of the molecule is Cc1ccc(-n2nnnc2S[C@H](C)C(=O)N(C)Cc2ccccc2)cc1C. The zero-order valence-corrected chi connectivity index (χ0v) is 16.8. The first-order valence-corrected chi connectivity index (χ1v) is 9.65. The lowest BCUT2D eigenvalue weighted by Gasteiger charge is -2.21. The number of amides is 1. The average molecular weight is 382 g/mol. The highest BCUT2D eigenvalue weighted by atomic mass is 32.2. The first-order chi connectivity index (χ1) is 13.0. The van der Waals surface area contributed by atoms with Crippen LogP contribution in [0.25, 0.3) is 5.69 Å². The molecule has 1 aromatic heterocycles. The molecule has 0 bridgehead atoms. The van der Waals surface area contributed by atoms with Crippen LogP contribution < -0.4 is 0 Å². The van der Waals surface area contributed by atoms with Crippen LogP contribution in [0.5, 0.6) is 0 Å². The summed E-state index contributed by atoms with van der Waals surface area (Å²) in [6.07, 6.45) is 0. The molecule has 0 N–H and O–H groups in total. The molecule has 140 valence electrons. The van der Waals surface area contributed by atoms with Crippen molar-refractivity contribution < 1.29 is 4.79 Å². The van der Waals surface area contributed by atoms with E-state index in [2.05, 4.69) is 29.4 Å². The summed E-state index contributed by atoms with van der Waals surface area (Å²) in [6, 6.07) is 16.0. The second-order valence-electron chi connectivity index (χ2n) is 6.58. The van der Waals surface area contributed by atoms with Crippen molar-refractivity contribution in [3.05, 3.63) is 65.2 Å². The van der Waals surface area contributed by atoms with Crippen molar-refractivity contribution in [1.82, 2.24) is 25.1 Å². The van der Waals surface area contributed by atoms with Gasteiger partial charge in [-0.15, -0.1) is 5.10 Å². The number of carbonyl (C=O) groups is 1. The average Bonchev–Trinajstić information content (AvgIpc) is 3.12. The largest absolute Gasteiger partial charge is 0.340 e. The molecule has 3 aromatic rings. The van der Waals surface area contributed by atoms with Crippen LogP contribution in [0, 0.1) is 13.8 Å². The Hall–Kier alpha value is -2.67. The number of aromatic nitrogens is 4. The van der Waals surface area contributed by atoms with Gasteiger partial charge in [-0.05, 0) is 60.0 Å². The molecule has 0 saturated carbocycles. The lowest BCUT2D eigenvalue weighted by atomic mass is 10.1. The summed E-state index contributed by atoms with van der Waals surface area (Å²) in [5.74, 6) is 0.0403. The second-order valence-corrected chi connectivity index (χ2v) is 7.89. The number of tetrazole rings is 1. The van der Waals surface area contributed by atoms with Crippen LogP contribution in [0.2, 0.25) is 0 Å². The van der Waals surface area contributed by atoms with E-state index < -0.39 is 0 Å². The van der Waals surface area contributed by atoms with Gasteiger partial charge in [0.25, 0.3) is 0 Å². The number of nitrogens with zero attached hydrogens (tertiary/aromatic N) is 5. The molecule has 0 aliphatic heterocycles. The summed E-state index contributed by atoms with van der Waals surface area (Å²) in [6.45, 7) is 6.58. The summed E-state index contributed by atoms with van der Waals surface area (Å²) < 4.78 is 1.68. The van der Waals surface area contributed by atoms with Crippen molar-refractivity contribution in [3.8, 4) is 5.69 Å². The van der Waals surface area contributed by atoms with Gasteiger partial charge >= 0.3 is 0 Å². The Morgan fingerprint density at radius 1 is 1.15 bits per heavy atom. The molecular formula is C20H23N5OS. The van der Waals surface area contributed by atoms with Gasteiger partial charge in [-0.3, -0.25) is 4.79 Å². The molecule has 0 saturated heterocycles. The van der Waals surface area contributed by atoms with E-state index in [0.29, 0.717) is 11.7 Å². The van der Waals surface area contributed by atoms with E-state index in [-0.39, 0.29) is 11.2 Å². The molecule has 0 aliphatic carbocycles. The van der Waals surface area contributed by atoms with Gasteiger partial charge < -0.3 is 4.90 Å². The maximum atomic E-state index is 12.7. The minimum absolute atomic E-state index is 0.0403. The van der Waals surface area contributed by atoms with Crippen LogP contribution in [0.15, 0.2) is 53.7 Å². The Balaban J connectivity index is 1.71. The van der Waals surface area contributed by atoms with Crippen molar-refractivity contribution in [2.45, 2.75) is 37.7 Å². The number of carbonyl (C=O) groups excluding carboxylic acids is 1. The molecule has 7 heteroatoms. The second kappa shape index (κ2) is 8.35. The molecule has 27 heavy (non-hydrogen) atoms. The van der Waals surface area contributed by atoms with E-state index in [9.17, 15) is 4.79 Å². The Morgan fingerprint density at radius 3 is 2.59 bits per heavy atom. The van der Waals surface area contributed by atoms with Crippen molar-refractivity contribution in [3.63, 3.8) is 0 Å². The lowest BCUT2D eigenvalue weighted by Crippen LogP contribution is -2.32. The van der Waals surface area contributed by atoms with E-state index in [1.807, 2.05) is 62.5 Å². The topological polar surface area (TPSA) is 63.9 Å².